The molecule has 2 rings (SSSR count). The molecule has 5 heteroatoms. The second-order valence-electron chi connectivity index (χ2n) is 6.79. The SMILES string of the molecule is C1CCC(NC2CCCCC2)CC1.CC(C)OP(C)(=O)O. The van der Waals surface area contributed by atoms with Crippen LogP contribution in [0.3, 0.4) is 0 Å². The Kier molecular flexibility index (Phi) is 9.12. The average Bonchev–Trinajstić information content (AvgIpc) is 2.39. The van der Waals surface area contributed by atoms with Gasteiger partial charge in [-0.15, -0.1) is 0 Å². The van der Waals surface area contributed by atoms with E-state index < -0.39 is 7.60 Å². The molecule has 4 nitrogen and oxygen atoms in total. The predicted octanol–water partition coefficient (Wildman–Crippen LogP) is 4.47. The first-order chi connectivity index (χ1) is 9.87. The first-order valence-corrected chi connectivity index (χ1v) is 10.6. The van der Waals surface area contributed by atoms with Gasteiger partial charge in [0.2, 0.25) is 0 Å². The standard InChI is InChI=1S/C12H23N.C4H11O3P/c1-3-7-11(8-4-1)13-12-9-5-2-6-10-12;1-4(2)7-8(3,5)6/h11-13H,1-10H2;4H,1-3H3,(H,5,6). The van der Waals surface area contributed by atoms with Gasteiger partial charge in [-0.2, -0.15) is 0 Å². The molecule has 21 heavy (non-hydrogen) atoms. The Hall–Kier alpha value is 0.110. The van der Waals surface area contributed by atoms with Crippen LogP contribution in [0.15, 0.2) is 0 Å². The number of hydrogen-bond donors (Lipinski definition) is 2. The van der Waals surface area contributed by atoms with Crippen molar-refractivity contribution >= 4 is 7.60 Å². The van der Waals surface area contributed by atoms with Crippen molar-refractivity contribution in [2.75, 3.05) is 6.66 Å². The zero-order valence-electron chi connectivity index (χ0n) is 14.0. The molecule has 2 aliphatic carbocycles. The average molecular weight is 319 g/mol. The summed E-state index contributed by atoms with van der Waals surface area (Å²) in [6, 6.07) is 1.74. The zero-order valence-corrected chi connectivity index (χ0v) is 14.9. The van der Waals surface area contributed by atoms with E-state index in [-0.39, 0.29) is 6.10 Å². The smallest absolute Gasteiger partial charge is 0.324 e. The van der Waals surface area contributed by atoms with Crippen molar-refractivity contribution in [2.45, 2.75) is 96.2 Å². The van der Waals surface area contributed by atoms with Crippen molar-refractivity contribution in [2.24, 2.45) is 0 Å². The zero-order chi connectivity index (χ0) is 15.7. The first kappa shape index (κ1) is 19.2. The molecule has 0 radical (unpaired) electrons. The molecule has 0 amide bonds. The van der Waals surface area contributed by atoms with E-state index >= 15 is 0 Å². The third-order valence-electron chi connectivity index (χ3n) is 4.09. The van der Waals surface area contributed by atoms with Crippen LogP contribution in [0, 0.1) is 0 Å². The van der Waals surface area contributed by atoms with E-state index in [2.05, 4.69) is 9.84 Å². The summed E-state index contributed by atoms with van der Waals surface area (Å²) in [5.74, 6) is 0. The highest BCUT2D eigenvalue weighted by Crippen LogP contribution is 2.37. The summed E-state index contributed by atoms with van der Waals surface area (Å²) >= 11 is 0. The molecular formula is C16H34NO3P. The summed E-state index contributed by atoms with van der Waals surface area (Å²) in [6.45, 7) is 4.60. The molecule has 0 spiro atoms. The monoisotopic (exact) mass is 319 g/mol. The molecule has 0 aromatic heterocycles. The lowest BCUT2D eigenvalue weighted by molar-refractivity contribution is 0.209. The Morgan fingerprint density at radius 3 is 1.57 bits per heavy atom. The highest BCUT2D eigenvalue weighted by atomic mass is 31.2. The summed E-state index contributed by atoms with van der Waals surface area (Å²) in [5.41, 5.74) is 0. The second-order valence-corrected chi connectivity index (χ2v) is 8.61. The number of nitrogens with one attached hydrogen (secondary N) is 1. The molecule has 0 saturated heterocycles. The van der Waals surface area contributed by atoms with Crippen LogP contribution in [-0.4, -0.2) is 29.7 Å². The van der Waals surface area contributed by atoms with E-state index in [0.717, 1.165) is 12.1 Å². The predicted molar refractivity (Wildman–Crippen MR) is 88.9 cm³/mol. The highest BCUT2D eigenvalue weighted by molar-refractivity contribution is 7.51. The summed E-state index contributed by atoms with van der Waals surface area (Å²) in [5, 5.41) is 3.86. The van der Waals surface area contributed by atoms with Crippen molar-refractivity contribution in [3.05, 3.63) is 0 Å². The Balaban J connectivity index is 0.000000240. The molecule has 126 valence electrons. The van der Waals surface area contributed by atoms with Crippen LogP contribution in [0.1, 0.15) is 78.1 Å². The largest absolute Gasteiger partial charge is 0.325 e. The topological polar surface area (TPSA) is 58.6 Å². The van der Waals surface area contributed by atoms with Gasteiger partial charge in [-0.1, -0.05) is 38.5 Å². The number of rotatable bonds is 4. The van der Waals surface area contributed by atoms with E-state index in [1.54, 1.807) is 13.8 Å². The molecule has 0 aromatic carbocycles. The van der Waals surface area contributed by atoms with Crippen LogP contribution in [0.25, 0.3) is 0 Å². The minimum Gasteiger partial charge on any atom is -0.324 e. The van der Waals surface area contributed by atoms with Crippen molar-refractivity contribution in [3.8, 4) is 0 Å². The van der Waals surface area contributed by atoms with Gasteiger partial charge in [-0.3, -0.25) is 4.57 Å². The fourth-order valence-electron chi connectivity index (χ4n) is 3.26. The van der Waals surface area contributed by atoms with Crippen molar-refractivity contribution in [1.29, 1.82) is 0 Å². The molecule has 0 aliphatic heterocycles. The lowest BCUT2D eigenvalue weighted by Crippen LogP contribution is -2.40. The van der Waals surface area contributed by atoms with Crippen LogP contribution < -0.4 is 5.32 Å². The van der Waals surface area contributed by atoms with Crippen LogP contribution in [-0.2, 0) is 9.09 Å². The molecule has 0 bridgehead atoms. The van der Waals surface area contributed by atoms with E-state index in [0.29, 0.717) is 0 Å². The summed E-state index contributed by atoms with van der Waals surface area (Å²) in [6.07, 6.45) is 14.4. The van der Waals surface area contributed by atoms with Gasteiger partial charge in [0.25, 0.3) is 0 Å². The lowest BCUT2D eigenvalue weighted by atomic mass is 9.91. The Morgan fingerprint density at radius 1 is 0.952 bits per heavy atom. The minimum absolute atomic E-state index is 0.171. The van der Waals surface area contributed by atoms with Crippen molar-refractivity contribution in [3.63, 3.8) is 0 Å². The molecule has 0 heterocycles. The quantitative estimate of drug-likeness (QED) is 0.751. The maximum atomic E-state index is 10.4. The van der Waals surface area contributed by atoms with Crippen molar-refractivity contribution < 1.29 is 14.0 Å². The highest BCUT2D eigenvalue weighted by Gasteiger charge is 2.19. The van der Waals surface area contributed by atoms with Crippen LogP contribution >= 0.6 is 7.60 Å². The van der Waals surface area contributed by atoms with E-state index in [4.69, 9.17) is 4.89 Å². The van der Waals surface area contributed by atoms with Crippen molar-refractivity contribution in [1.82, 2.24) is 5.32 Å². The van der Waals surface area contributed by atoms with Gasteiger partial charge in [0.1, 0.15) is 0 Å². The maximum Gasteiger partial charge on any atom is 0.325 e. The summed E-state index contributed by atoms with van der Waals surface area (Å²) in [4.78, 5) is 8.52. The van der Waals surface area contributed by atoms with Crippen LogP contribution in [0.4, 0.5) is 0 Å². The Bertz CT molecular complexity index is 289. The van der Waals surface area contributed by atoms with E-state index in [1.807, 2.05) is 0 Å². The van der Waals surface area contributed by atoms with Crippen LogP contribution in [0.5, 0.6) is 0 Å². The second kappa shape index (κ2) is 9.99. The molecular weight excluding hydrogens is 285 g/mol. The van der Waals surface area contributed by atoms with Gasteiger partial charge in [0, 0.05) is 18.7 Å². The molecule has 1 unspecified atom stereocenters. The summed E-state index contributed by atoms with van der Waals surface area (Å²) < 4.78 is 14.9. The fourth-order valence-corrected chi connectivity index (χ4v) is 4.05. The summed E-state index contributed by atoms with van der Waals surface area (Å²) in [7, 11) is -3.22. The van der Waals surface area contributed by atoms with Gasteiger partial charge in [0.15, 0.2) is 0 Å². The van der Waals surface area contributed by atoms with Gasteiger partial charge < -0.3 is 14.7 Å². The maximum absolute atomic E-state index is 10.4. The van der Waals surface area contributed by atoms with Gasteiger partial charge in [-0.05, 0) is 39.5 Å². The third-order valence-corrected chi connectivity index (χ3v) is 4.90. The number of hydrogen-bond acceptors (Lipinski definition) is 3. The lowest BCUT2D eigenvalue weighted by Gasteiger charge is -2.30. The third kappa shape index (κ3) is 10.5. The molecule has 2 saturated carbocycles. The molecule has 1 atom stereocenters. The minimum atomic E-state index is -3.22. The fraction of sp³-hybridized carbons (Fsp3) is 1.00. The Morgan fingerprint density at radius 2 is 1.33 bits per heavy atom. The first-order valence-electron chi connectivity index (χ1n) is 8.61. The molecule has 2 aliphatic rings. The normalized spacial score (nSPS) is 24.2. The van der Waals surface area contributed by atoms with Crippen LogP contribution in [0.2, 0.25) is 0 Å². The Labute approximate surface area is 130 Å². The van der Waals surface area contributed by atoms with E-state index in [1.165, 1.54) is 70.9 Å². The molecule has 2 N–H and O–H groups in total. The molecule has 2 fully saturated rings. The van der Waals surface area contributed by atoms with Gasteiger partial charge >= 0.3 is 7.60 Å². The molecule has 0 aromatic rings. The van der Waals surface area contributed by atoms with E-state index in [9.17, 15) is 4.57 Å². The van der Waals surface area contributed by atoms with Gasteiger partial charge in [0.05, 0.1) is 6.10 Å². The van der Waals surface area contributed by atoms with Gasteiger partial charge in [-0.25, -0.2) is 0 Å².